The van der Waals surface area contributed by atoms with Crippen LogP contribution in [0.4, 0.5) is 0 Å². The van der Waals surface area contributed by atoms with Crippen LogP contribution in [-0.4, -0.2) is 31.8 Å². The van der Waals surface area contributed by atoms with Crippen LogP contribution in [0.5, 0.6) is 0 Å². The molecule has 3 atom stereocenters. The van der Waals surface area contributed by atoms with E-state index in [1.165, 1.54) is 42.0 Å². The molecule has 0 aliphatic heterocycles. The highest BCUT2D eigenvalue weighted by molar-refractivity contribution is 7.11. The van der Waals surface area contributed by atoms with Gasteiger partial charge in [0.1, 0.15) is 0 Å². The number of nitrogens with one attached hydrogen (secondary N) is 1. The second-order valence-corrected chi connectivity index (χ2v) is 7.95. The van der Waals surface area contributed by atoms with Gasteiger partial charge >= 0.3 is 0 Å². The monoisotopic (exact) mass is 294 g/mol. The molecule has 112 valence electrons. The van der Waals surface area contributed by atoms with Crippen molar-refractivity contribution < 1.29 is 4.74 Å². The number of rotatable bonds is 7. The minimum atomic E-state index is 0.482. The van der Waals surface area contributed by atoms with Crippen molar-refractivity contribution in [3.05, 3.63) is 16.1 Å². The lowest BCUT2D eigenvalue weighted by atomic mass is 9.70. The maximum absolute atomic E-state index is 5.15. The molecule has 0 amide bonds. The summed E-state index contributed by atoms with van der Waals surface area (Å²) >= 11 is 1.88. The van der Waals surface area contributed by atoms with Crippen molar-refractivity contribution in [1.29, 1.82) is 0 Å². The normalized spacial score (nSPS) is 32.1. The maximum Gasteiger partial charge on any atom is 0.0896 e. The molecule has 0 spiro atoms. The first-order valence-corrected chi connectivity index (χ1v) is 8.64. The highest BCUT2D eigenvalue weighted by Crippen LogP contribution is 2.57. The second kappa shape index (κ2) is 6.12. The number of fused-ring (bicyclic) bond motifs is 2. The van der Waals surface area contributed by atoms with E-state index in [2.05, 4.69) is 23.4 Å². The zero-order valence-electron chi connectivity index (χ0n) is 12.7. The smallest absolute Gasteiger partial charge is 0.0896 e. The van der Waals surface area contributed by atoms with Gasteiger partial charge < -0.3 is 10.1 Å². The molecule has 0 aromatic carbocycles. The van der Waals surface area contributed by atoms with Crippen molar-refractivity contribution in [2.45, 2.75) is 39.0 Å². The van der Waals surface area contributed by atoms with Crippen molar-refractivity contribution in [3.63, 3.8) is 0 Å². The van der Waals surface area contributed by atoms with E-state index >= 15 is 0 Å². The van der Waals surface area contributed by atoms with Gasteiger partial charge in [0.15, 0.2) is 0 Å². The topological polar surface area (TPSA) is 34.1 Å². The molecule has 3 nitrogen and oxygen atoms in total. The van der Waals surface area contributed by atoms with Gasteiger partial charge in [0.2, 0.25) is 0 Å². The van der Waals surface area contributed by atoms with Crippen LogP contribution in [0.15, 0.2) is 6.20 Å². The second-order valence-electron chi connectivity index (χ2n) is 6.63. The number of aromatic nitrogens is 1. The summed E-state index contributed by atoms with van der Waals surface area (Å²) in [7, 11) is 1.77. The molecule has 2 aliphatic rings. The number of methoxy groups -OCH3 is 1. The number of aryl methyl sites for hydroxylation is 1. The number of hydrogen-bond acceptors (Lipinski definition) is 4. The SMILES string of the molecule is COCCNCC1(Cc2cnc(C)s2)CC2CCC1C2. The predicted molar refractivity (Wildman–Crippen MR) is 83.2 cm³/mol. The summed E-state index contributed by atoms with van der Waals surface area (Å²) in [5, 5.41) is 4.84. The maximum atomic E-state index is 5.15. The molecule has 3 unspecified atom stereocenters. The average Bonchev–Trinajstić information content (AvgIpc) is 3.11. The summed E-state index contributed by atoms with van der Waals surface area (Å²) in [6, 6.07) is 0. The molecule has 1 aromatic heterocycles. The summed E-state index contributed by atoms with van der Waals surface area (Å²) in [4.78, 5) is 5.92. The molecular weight excluding hydrogens is 268 g/mol. The van der Waals surface area contributed by atoms with E-state index in [4.69, 9.17) is 4.74 Å². The number of hydrogen-bond donors (Lipinski definition) is 1. The van der Waals surface area contributed by atoms with Crippen LogP contribution in [0.3, 0.4) is 0 Å². The van der Waals surface area contributed by atoms with E-state index in [9.17, 15) is 0 Å². The molecule has 4 heteroatoms. The highest BCUT2D eigenvalue weighted by atomic mass is 32.1. The fraction of sp³-hybridized carbons (Fsp3) is 0.812. The van der Waals surface area contributed by atoms with E-state index in [0.717, 1.165) is 31.5 Å². The Balaban J connectivity index is 1.67. The van der Waals surface area contributed by atoms with Crippen LogP contribution in [0.2, 0.25) is 0 Å². The van der Waals surface area contributed by atoms with Crippen LogP contribution >= 0.6 is 11.3 Å². The van der Waals surface area contributed by atoms with Gasteiger partial charge in [-0.25, -0.2) is 4.98 Å². The van der Waals surface area contributed by atoms with Gasteiger partial charge in [-0.3, -0.25) is 0 Å². The van der Waals surface area contributed by atoms with Crippen molar-refractivity contribution in [2.24, 2.45) is 17.3 Å². The Bertz CT molecular complexity index is 447. The Labute approximate surface area is 126 Å². The molecule has 2 fully saturated rings. The Morgan fingerprint density at radius 1 is 1.50 bits per heavy atom. The van der Waals surface area contributed by atoms with Gasteiger partial charge in [-0.05, 0) is 49.9 Å². The van der Waals surface area contributed by atoms with E-state index < -0.39 is 0 Å². The molecular formula is C16H26N2OS. The molecule has 2 saturated carbocycles. The summed E-state index contributed by atoms with van der Waals surface area (Å²) in [6.45, 7) is 5.04. The molecule has 0 saturated heterocycles. The van der Waals surface area contributed by atoms with E-state index in [1.807, 2.05) is 11.3 Å². The van der Waals surface area contributed by atoms with Crippen LogP contribution in [0.25, 0.3) is 0 Å². The Morgan fingerprint density at radius 3 is 3.00 bits per heavy atom. The van der Waals surface area contributed by atoms with Gasteiger partial charge in [0.25, 0.3) is 0 Å². The molecule has 1 aromatic rings. The molecule has 2 bridgehead atoms. The summed E-state index contributed by atoms with van der Waals surface area (Å²) in [5.41, 5.74) is 0.482. The van der Waals surface area contributed by atoms with Crippen molar-refractivity contribution >= 4 is 11.3 Å². The minimum absolute atomic E-state index is 0.482. The number of nitrogens with zero attached hydrogens (tertiary/aromatic N) is 1. The quantitative estimate of drug-likeness (QED) is 0.785. The van der Waals surface area contributed by atoms with Crippen LogP contribution < -0.4 is 5.32 Å². The zero-order valence-corrected chi connectivity index (χ0v) is 13.5. The fourth-order valence-electron chi connectivity index (χ4n) is 4.40. The van der Waals surface area contributed by atoms with E-state index in [-0.39, 0.29) is 0 Å². The molecule has 1 N–H and O–H groups in total. The highest BCUT2D eigenvalue weighted by Gasteiger charge is 2.50. The van der Waals surface area contributed by atoms with Crippen LogP contribution in [0.1, 0.15) is 35.6 Å². The minimum Gasteiger partial charge on any atom is -0.383 e. The average molecular weight is 294 g/mol. The first-order chi connectivity index (χ1) is 9.72. The molecule has 0 radical (unpaired) electrons. The predicted octanol–water partition coefficient (Wildman–Crippen LogP) is 3.04. The molecule has 20 heavy (non-hydrogen) atoms. The summed E-state index contributed by atoms with van der Waals surface area (Å²) in [5.74, 6) is 1.91. The number of ether oxygens (including phenoxy) is 1. The van der Waals surface area contributed by atoms with E-state index in [1.54, 1.807) is 7.11 Å². The van der Waals surface area contributed by atoms with Crippen LogP contribution in [0, 0.1) is 24.2 Å². The third-order valence-electron chi connectivity index (χ3n) is 5.26. The number of thiazole rings is 1. The Kier molecular flexibility index (Phi) is 4.43. The standard InChI is InChI=1S/C16H26N2OS/c1-12-18-10-15(20-12)9-16(11-17-5-6-19-2)8-13-3-4-14(16)7-13/h10,13-14,17H,3-9,11H2,1-2H3. The summed E-state index contributed by atoms with van der Waals surface area (Å²) < 4.78 is 5.15. The van der Waals surface area contributed by atoms with Gasteiger partial charge in [0.05, 0.1) is 11.6 Å². The Morgan fingerprint density at radius 2 is 2.40 bits per heavy atom. The van der Waals surface area contributed by atoms with Crippen molar-refractivity contribution in [1.82, 2.24) is 10.3 Å². The van der Waals surface area contributed by atoms with Crippen LogP contribution in [-0.2, 0) is 11.2 Å². The Hall–Kier alpha value is -0.450. The zero-order chi connectivity index (χ0) is 14.0. The fourth-order valence-corrected chi connectivity index (χ4v) is 5.35. The van der Waals surface area contributed by atoms with Gasteiger partial charge in [0, 0.05) is 31.3 Å². The lowest BCUT2D eigenvalue weighted by Crippen LogP contribution is -2.41. The third-order valence-corrected chi connectivity index (χ3v) is 6.17. The largest absolute Gasteiger partial charge is 0.383 e. The lowest BCUT2D eigenvalue weighted by Gasteiger charge is -2.38. The van der Waals surface area contributed by atoms with Crippen molar-refractivity contribution in [3.8, 4) is 0 Å². The van der Waals surface area contributed by atoms with E-state index in [0.29, 0.717) is 5.41 Å². The van der Waals surface area contributed by atoms with Gasteiger partial charge in [-0.2, -0.15) is 0 Å². The third kappa shape index (κ3) is 2.92. The molecule has 1 heterocycles. The molecule has 2 aliphatic carbocycles. The summed E-state index contributed by atoms with van der Waals surface area (Å²) in [6.07, 6.45) is 9.10. The lowest BCUT2D eigenvalue weighted by molar-refractivity contribution is 0.146. The first kappa shape index (κ1) is 14.5. The van der Waals surface area contributed by atoms with Gasteiger partial charge in [-0.15, -0.1) is 11.3 Å². The van der Waals surface area contributed by atoms with Gasteiger partial charge in [-0.1, -0.05) is 6.42 Å². The van der Waals surface area contributed by atoms with Crippen molar-refractivity contribution in [2.75, 3.05) is 26.8 Å². The first-order valence-electron chi connectivity index (χ1n) is 7.83. The molecule has 3 rings (SSSR count).